The summed E-state index contributed by atoms with van der Waals surface area (Å²) in [6.45, 7) is 0. The first-order valence-electron chi connectivity index (χ1n) is 8.57. The molecule has 3 heteroatoms. The maximum Gasteiger partial charge on any atom is 0.117 e. The van der Waals surface area contributed by atoms with Crippen molar-refractivity contribution >= 4 is 50.4 Å². The van der Waals surface area contributed by atoms with Crippen molar-refractivity contribution in [2.45, 2.75) is 6.16 Å². The molecule has 0 N–H and O–H groups in total. The zero-order valence-electron chi connectivity index (χ0n) is 14.3. The van der Waals surface area contributed by atoms with Crippen LogP contribution in [0.1, 0.15) is 4.88 Å². The van der Waals surface area contributed by atoms with Crippen LogP contribution in [0.5, 0.6) is 0 Å². The Balaban J connectivity index is 2.00. The zero-order valence-corrected chi connectivity index (χ0v) is 17.6. The predicted octanol–water partition coefficient (Wildman–Crippen LogP) is 6.00. The SMILES string of the molecule is Brc1csc(C[P+](c2ccccc2)(c2ccccc2)c2ccccc2)c1. The lowest BCUT2D eigenvalue weighted by Crippen LogP contribution is -2.32. The Morgan fingerprint density at radius 1 is 0.654 bits per heavy atom. The molecule has 1 aromatic heterocycles. The molecular formula is C23H19BrPS+. The molecule has 128 valence electrons. The van der Waals surface area contributed by atoms with Crippen LogP contribution >= 0.6 is 34.5 Å². The van der Waals surface area contributed by atoms with Crippen molar-refractivity contribution in [3.05, 3.63) is 112 Å². The molecule has 0 atom stereocenters. The summed E-state index contributed by atoms with van der Waals surface area (Å²) in [7, 11) is -1.77. The summed E-state index contributed by atoms with van der Waals surface area (Å²) in [5.41, 5.74) is 0. The molecule has 4 rings (SSSR count). The van der Waals surface area contributed by atoms with Gasteiger partial charge in [-0.25, -0.2) is 0 Å². The summed E-state index contributed by atoms with van der Waals surface area (Å²) in [6, 6.07) is 35.4. The molecule has 3 aromatic carbocycles. The molecule has 4 aromatic rings. The van der Waals surface area contributed by atoms with Gasteiger partial charge in [-0.15, -0.1) is 11.3 Å². The molecule has 0 saturated carbocycles. The number of hydrogen-bond acceptors (Lipinski definition) is 1. The van der Waals surface area contributed by atoms with E-state index in [9.17, 15) is 0 Å². The van der Waals surface area contributed by atoms with Gasteiger partial charge >= 0.3 is 0 Å². The van der Waals surface area contributed by atoms with E-state index in [0.717, 1.165) is 6.16 Å². The van der Waals surface area contributed by atoms with E-state index in [4.69, 9.17) is 0 Å². The maximum absolute atomic E-state index is 3.63. The third-order valence-corrected chi connectivity index (χ3v) is 10.9. The molecule has 0 unspecified atom stereocenters. The zero-order chi connectivity index (χ0) is 17.8. The van der Waals surface area contributed by atoms with Crippen molar-refractivity contribution in [2.24, 2.45) is 0 Å². The third-order valence-electron chi connectivity index (χ3n) is 4.61. The van der Waals surface area contributed by atoms with Gasteiger partial charge in [-0.1, -0.05) is 54.6 Å². The molecule has 0 fully saturated rings. The van der Waals surface area contributed by atoms with E-state index in [-0.39, 0.29) is 0 Å². The summed E-state index contributed by atoms with van der Waals surface area (Å²) < 4.78 is 1.17. The number of benzene rings is 3. The Morgan fingerprint density at radius 3 is 1.42 bits per heavy atom. The minimum Gasteiger partial charge on any atom is -0.144 e. The first kappa shape index (κ1) is 17.7. The molecule has 0 radical (unpaired) electrons. The standard InChI is InChI=1S/C23H19BrPS/c24-19-16-23(26-18-19)17-25(20-10-4-1-5-11-20,21-12-6-2-7-13-21)22-14-8-3-9-15-22/h1-16,18H,17H2/q+1. The van der Waals surface area contributed by atoms with E-state index < -0.39 is 7.26 Å². The van der Waals surface area contributed by atoms with Gasteiger partial charge in [0.15, 0.2) is 0 Å². The number of thiophene rings is 1. The van der Waals surface area contributed by atoms with E-state index in [1.54, 1.807) is 0 Å². The van der Waals surface area contributed by atoms with E-state index in [1.165, 1.54) is 25.3 Å². The van der Waals surface area contributed by atoms with Crippen LogP contribution in [0.2, 0.25) is 0 Å². The highest BCUT2D eigenvalue weighted by Gasteiger charge is 2.45. The first-order valence-corrected chi connectivity index (χ1v) is 12.2. The fourth-order valence-electron chi connectivity index (χ4n) is 3.44. The van der Waals surface area contributed by atoms with Crippen LogP contribution in [0.15, 0.2) is 107 Å². The number of rotatable bonds is 5. The fourth-order valence-corrected chi connectivity index (χ4v) is 9.60. The second-order valence-corrected chi connectivity index (χ2v) is 11.6. The number of halogens is 1. The van der Waals surface area contributed by atoms with Crippen molar-refractivity contribution in [1.29, 1.82) is 0 Å². The molecule has 0 bridgehead atoms. The van der Waals surface area contributed by atoms with Gasteiger partial charge < -0.3 is 0 Å². The Labute approximate surface area is 168 Å². The van der Waals surface area contributed by atoms with Gasteiger partial charge in [-0.2, -0.15) is 0 Å². The monoisotopic (exact) mass is 437 g/mol. The normalized spacial score (nSPS) is 11.4. The van der Waals surface area contributed by atoms with E-state index in [0.29, 0.717) is 0 Å². The lowest BCUT2D eigenvalue weighted by molar-refractivity contribution is 1.49. The first-order chi connectivity index (χ1) is 12.8. The average Bonchev–Trinajstić information content (AvgIpc) is 3.13. The molecule has 0 amide bonds. The van der Waals surface area contributed by atoms with Crippen LogP contribution in [0.25, 0.3) is 0 Å². The van der Waals surface area contributed by atoms with Gasteiger partial charge in [0.25, 0.3) is 0 Å². The van der Waals surface area contributed by atoms with Crippen LogP contribution in [0.4, 0.5) is 0 Å². The van der Waals surface area contributed by atoms with Gasteiger partial charge in [-0.05, 0) is 58.4 Å². The Bertz CT molecular complexity index is 868. The Kier molecular flexibility index (Phi) is 5.36. The molecule has 26 heavy (non-hydrogen) atoms. The highest BCUT2D eigenvalue weighted by molar-refractivity contribution is 9.10. The van der Waals surface area contributed by atoms with E-state index >= 15 is 0 Å². The van der Waals surface area contributed by atoms with Gasteiger partial charge in [-0.3, -0.25) is 0 Å². The fraction of sp³-hybridized carbons (Fsp3) is 0.0435. The van der Waals surface area contributed by atoms with Crippen molar-refractivity contribution < 1.29 is 0 Å². The largest absolute Gasteiger partial charge is 0.144 e. The van der Waals surface area contributed by atoms with Crippen LogP contribution in [0.3, 0.4) is 0 Å². The van der Waals surface area contributed by atoms with Gasteiger partial charge in [0.2, 0.25) is 0 Å². The molecular weight excluding hydrogens is 419 g/mol. The van der Waals surface area contributed by atoms with Crippen LogP contribution in [-0.2, 0) is 6.16 Å². The van der Waals surface area contributed by atoms with Crippen LogP contribution < -0.4 is 15.9 Å². The Morgan fingerprint density at radius 2 is 1.08 bits per heavy atom. The van der Waals surface area contributed by atoms with E-state index in [1.807, 2.05) is 11.3 Å². The van der Waals surface area contributed by atoms with Gasteiger partial charge in [0.05, 0.1) is 0 Å². The quantitative estimate of drug-likeness (QED) is 0.335. The van der Waals surface area contributed by atoms with Crippen molar-refractivity contribution in [3.63, 3.8) is 0 Å². The molecule has 0 nitrogen and oxygen atoms in total. The topological polar surface area (TPSA) is 0 Å². The van der Waals surface area contributed by atoms with Gasteiger partial charge in [0.1, 0.15) is 29.3 Å². The van der Waals surface area contributed by atoms with Crippen LogP contribution in [-0.4, -0.2) is 0 Å². The molecule has 0 spiro atoms. The maximum atomic E-state index is 3.63. The second kappa shape index (κ2) is 7.88. The molecule has 1 heterocycles. The molecule has 0 aliphatic carbocycles. The Hall–Kier alpha value is -1.73. The summed E-state index contributed by atoms with van der Waals surface area (Å²) >= 11 is 5.47. The van der Waals surface area contributed by atoms with Crippen molar-refractivity contribution in [3.8, 4) is 0 Å². The van der Waals surface area contributed by atoms with Crippen molar-refractivity contribution in [2.75, 3.05) is 0 Å². The third kappa shape index (κ3) is 3.42. The van der Waals surface area contributed by atoms with Gasteiger partial charge in [0, 0.05) is 14.7 Å². The highest BCUT2D eigenvalue weighted by atomic mass is 79.9. The smallest absolute Gasteiger partial charge is 0.117 e. The predicted molar refractivity (Wildman–Crippen MR) is 121 cm³/mol. The summed E-state index contributed by atoms with van der Waals surface area (Å²) in [5.74, 6) is 0. The summed E-state index contributed by atoms with van der Waals surface area (Å²) in [6.07, 6.45) is 1.04. The summed E-state index contributed by atoms with van der Waals surface area (Å²) in [5, 5.41) is 6.48. The molecule has 0 aliphatic heterocycles. The highest BCUT2D eigenvalue weighted by Crippen LogP contribution is 2.58. The summed E-state index contributed by atoms with van der Waals surface area (Å²) in [4.78, 5) is 1.42. The minimum absolute atomic E-state index is 1.04. The van der Waals surface area contributed by atoms with Crippen LogP contribution in [0, 0.1) is 0 Å². The van der Waals surface area contributed by atoms with Crippen molar-refractivity contribution in [1.82, 2.24) is 0 Å². The second-order valence-electron chi connectivity index (χ2n) is 6.21. The molecule has 0 saturated heterocycles. The van der Waals surface area contributed by atoms with E-state index in [2.05, 4.69) is 118 Å². The molecule has 0 aliphatic rings. The average molecular weight is 438 g/mol. The lowest BCUT2D eigenvalue weighted by Gasteiger charge is -2.27. The lowest BCUT2D eigenvalue weighted by atomic mass is 10.4. The minimum atomic E-state index is -1.77. The number of hydrogen-bond donors (Lipinski definition) is 0.